The highest BCUT2D eigenvalue weighted by molar-refractivity contribution is 6.29. The van der Waals surface area contributed by atoms with E-state index in [1.165, 1.54) is 59.7 Å². The first-order valence-electron chi connectivity index (χ1n) is 10.2. The third-order valence-electron chi connectivity index (χ3n) is 5.93. The van der Waals surface area contributed by atoms with Crippen molar-refractivity contribution in [2.24, 2.45) is 5.92 Å². The SMILES string of the molecule is C=Cc1ccc2cc3ccc(C=C)c(O[SiH2]CC4CCCCC4)c3cc2c1. The maximum Gasteiger partial charge on any atom is 0.219 e. The minimum Gasteiger partial charge on any atom is -0.549 e. The zero-order chi connectivity index (χ0) is 18.6. The van der Waals surface area contributed by atoms with Gasteiger partial charge in [0.1, 0.15) is 5.75 Å². The Balaban J connectivity index is 1.68. The maximum atomic E-state index is 6.50. The molecule has 0 saturated heterocycles. The molecule has 138 valence electrons. The molecule has 0 N–H and O–H groups in total. The van der Waals surface area contributed by atoms with Gasteiger partial charge in [-0.25, -0.2) is 0 Å². The summed E-state index contributed by atoms with van der Waals surface area (Å²) in [6.45, 7) is 7.91. The minimum atomic E-state index is -0.578. The average Bonchev–Trinajstić information content (AvgIpc) is 2.72. The van der Waals surface area contributed by atoms with E-state index in [1.54, 1.807) is 0 Å². The first-order chi connectivity index (χ1) is 13.3. The van der Waals surface area contributed by atoms with Crippen LogP contribution in [-0.2, 0) is 0 Å². The normalized spacial score (nSPS) is 15.6. The molecule has 4 rings (SSSR count). The van der Waals surface area contributed by atoms with Crippen LogP contribution in [-0.4, -0.2) is 9.76 Å². The predicted octanol–water partition coefficient (Wildman–Crippen LogP) is 6.74. The van der Waals surface area contributed by atoms with E-state index < -0.39 is 9.76 Å². The molecule has 1 fully saturated rings. The summed E-state index contributed by atoms with van der Waals surface area (Å²) >= 11 is 0. The van der Waals surface area contributed by atoms with E-state index in [2.05, 4.69) is 55.6 Å². The van der Waals surface area contributed by atoms with E-state index in [9.17, 15) is 0 Å². The van der Waals surface area contributed by atoms with Crippen molar-refractivity contribution in [1.82, 2.24) is 0 Å². The molecule has 3 aromatic rings. The van der Waals surface area contributed by atoms with E-state index in [-0.39, 0.29) is 0 Å². The van der Waals surface area contributed by atoms with Gasteiger partial charge in [-0.15, -0.1) is 0 Å². The highest BCUT2D eigenvalue weighted by Crippen LogP contribution is 2.35. The topological polar surface area (TPSA) is 9.23 Å². The average molecular weight is 373 g/mol. The second-order valence-corrected chi connectivity index (χ2v) is 8.99. The maximum absolute atomic E-state index is 6.50. The summed E-state index contributed by atoms with van der Waals surface area (Å²) in [6.07, 6.45) is 10.9. The number of rotatable bonds is 6. The molecule has 0 aromatic heterocycles. The lowest BCUT2D eigenvalue weighted by Crippen LogP contribution is -2.13. The fourth-order valence-corrected chi connectivity index (χ4v) is 5.89. The molecule has 1 aliphatic carbocycles. The van der Waals surface area contributed by atoms with Crippen molar-refractivity contribution in [2.75, 3.05) is 0 Å². The van der Waals surface area contributed by atoms with Crippen LogP contribution in [0.2, 0.25) is 6.04 Å². The van der Waals surface area contributed by atoms with Crippen LogP contribution >= 0.6 is 0 Å². The van der Waals surface area contributed by atoms with E-state index in [1.807, 2.05) is 12.2 Å². The van der Waals surface area contributed by atoms with E-state index in [0.717, 1.165) is 22.8 Å². The molecule has 2 heteroatoms. The van der Waals surface area contributed by atoms with E-state index >= 15 is 0 Å². The summed E-state index contributed by atoms with van der Waals surface area (Å²) in [5.74, 6) is 1.93. The molecule has 0 bridgehead atoms. The Morgan fingerprint density at radius 3 is 2.48 bits per heavy atom. The summed E-state index contributed by atoms with van der Waals surface area (Å²) < 4.78 is 6.50. The number of fused-ring (bicyclic) bond motifs is 2. The quantitative estimate of drug-likeness (QED) is 0.344. The van der Waals surface area contributed by atoms with Crippen LogP contribution in [0.1, 0.15) is 43.2 Å². The van der Waals surface area contributed by atoms with Crippen LogP contribution in [0.25, 0.3) is 33.7 Å². The molecule has 1 aliphatic rings. The van der Waals surface area contributed by atoms with Crippen molar-refractivity contribution in [2.45, 2.75) is 38.1 Å². The van der Waals surface area contributed by atoms with Crippen molar-refractivity contribution >= 4 is 43.5 Å². The Hall–Kier alpha value is -2.32. The van der Waals surface area contributed by atoms with Crippen molar-refractivity contribution in [3.63, 3.8) is 0 Å². The van der Waals surface area contributed by atoms with Gasteiger partial charge < -0.3 is 4.43 Å². The van der Waals surface area contributed by atoms with Crippen molar-refractivity contribution < 1.29 is 4.43 Å². The van der Waals surface area contributed by atoms with Crippen molar-refractivity contribution in [3.8, 4) is 5.75 Å². The Morgan fingerprint density at radius 2 is 1.70 bits per heavy atom. The van der Waals surface area contributed by atoms with Crippen LogP contribution in [0, 0.1) is 5.92 Å². The van der Waals surface area contributed by atoms with Gasteiger partial charge in [-0.05, 0) is 51.9 Å². The first-order valence-corrected chi connectivity index (χ1v) is 11.7. The van der Waals surface area contributed by atoms with Crippen molar-refractivity contribution in [1.29, 1.82) is 0 Å². The Morgan fingerprint density at radius 1 is 0.889 bits per heavy atom. The number of hydrogen-bond donors (Lipinski definition) is 0. The van der Waals surface area contributed by atoms with Gasteiger partial charge in [0.25, 0.3) is 0 Å². The fourth-order valence-electron chi connectivity index (χ4n) is 4.33. The van der Waals surface area contributed by atoms with Gasteiger partial charge in [-0.3, -0.25) is 0 Å². The lowest BCUT2D eigenvalue weighted by Gasteiger charge is -2.22. The molecule has 0 heterocycles. The summed E-state index contributed by atoms with van der Waals surface area (Å²) in [7, 11) is -0.578. The summed E-state index contributed by atoms with van der Waals surface area (Å²) in [5, 5.41) is 4.93. The van der Waals surface area contributed by atoms with Gasteiger partial charge in [-0.1, -0.05) is 81.7 Å². The van der Waals surface area contributed by atoms with Crippen LogP contribution in [0.15, 0.2) is 55.6 Å². The molecule has 0 unspecified atom stereocenters. The molecule has 3 aromatic carbocycles. The van der Waals surface area contributed by atoms with E-state index in [4.69, 9.17) is 4.43 Å². The third-order valence-corrected chi connectivity index (χ3v) is 7.48. The third kappa shape index (κ3) is 3.86. The van der Waals surface area contributed by atoms with E-state index in [0.29, 0.717) is 0 Å². The highest BCUT2D eigenvalue weighted by atomic mass is 28.2. The number of benzene rings is 3. The molecule has 1 saturated carbocycles. The molecule has 27 heavy (non-hydrogen) atoms. The molecule has 0 aliphatic heterocycles. The molecular formula is C25H28OSi. The Bertz CT molecular complexity index is 982. The van der Waals surface area contributed by atoms with Gasteiger partial charge in [0.2, 0.25) is 9.76 Å². The highest BCUT2D eigenvalue weighted by Gasteiger charge is 2.15. The van der Waals surface area contributed by atoms with Crippen LogP contribution in [0.4, 0.5) is 0 Å². The largest absolute Gasteiger partial charge is 0.549 e. The molecular weight excluding hydrogens is 344 g/mol. The van der Waals surface area contributed by atoms with Crippen molar-refractivity contribution in [3.05, 3.63) is 66.7 Å². The molecule has 0 spiro atoms. The Labute approximate surface area is 164 Å². The monoisotopic (exact) mass is 372 g/mol. The van der Waals surface area contributed by atoms with Crippen LogP contribution in [0.3, 0.4) is 0 Å². The van der Waals surface area contributed by atoms with Gasteiger partial charge in [-0.2, -0.15) is 0 Å². The summed E-state index contributed by atoms with van der Waals surface area (Å²) in [6, 6.07) is 16.6. The van der Waals surface area contributed by atoms with Gasteiger partial charge in [0.05, 0.1) is 0 Å². The second-order valence-electron chi connectivity index (χ2n) is 7.71. The summed E-state index contributed by atoms with van der Waals surface area (Å²) in [5.41, 5.74) is 2.26. The zero-order valence-electron chi connectivity index (χ0n) is 16.0. The first kappa shape index (κ1) is 18.1. The molecule has 0 amide bonds. The molecule has 1 nitrogen and oxygen atoms in total. The minimum absolute atomic E-state index is 0.578. The predicted molar refractivity (Wildman–Crippen MR) is 122 cm³/mol. The number of hydrogen-bond acceptors (Lipinski definition) is 1. The van der Waals surface area contributed by atoms with Gasteiger partial charge in [0.15, 0.2) is 0 Å². The van der Waals surface area contributed by atoms with Crippen LogP contribution in [0.5, 0.6) is 5.75 Å². The lowest BCUT2D eigenvalue weighted by atomic mass is 9.91. The fraction of sp³-hybridized carbons (Fsp3) is 0.280. The van der Waals surface area contributed by atoms with Gasteiger partial charge >= 0.3 is 0 Å². The smallest absolute Gasteiger partial charge is 0.219 e. The molecule has 0 atom stereocenters. The zero-order valence-corrected chi connectivity index (χ0v) is 17.5. The molecule has 0 radical (unpaired) electrons. The van der Waals surface area contributed by atoms with Crippen LogP contribution < -0.4 is 4.43 Å². The lowest BCUT2D eigenvalue weighted by molar-refractivity contribution is 0.378. The standard InChI is InChI=1S/C25H28OSi/c1-3-18-10-11-21-15-22-13-12-20(4-2)25(24(22)16-23(21)14-18)26-27-17-19-8-6-5-7-9-19/h3-4,10-16,19H,1-2,5-9,17,27H2. The second kappa shape index (κ2) is 8.14. The van der Waals surface area contributed by atoms with Gasteiger partial charge in [0, 0.05) is 10.9 Å². The summed E-state index contributed by atoms with van der Waals surface area (Å²) in [4.78, 5) is 0. The Kier molecular flexibility index (Phi) is 5.44.